The SMILES string of the molecule is CCOc1ccc(/C=C/C(=O)OCC(=O)Nc2ccc3c(c2)OCCO3)cc1. The third-order valence-corrected chi connectivity index (χ3v) is 3.77. The van der Waals surface area contributed by atoms with Crippen molar-refractivity contribution in [1.29, 1.82) is 0 Å². The Hall–Kier alpha value is -3.48. The number of hydrogen-bond donors (Lipinski definition) is 1. The van der Waals surface area contributed by atoms with E-state index in [1.165, 1.54) is 6.08 Å². The second-order valence-electron chi connectivity index (χ2n) is 5.85. The van der Waals surface area contributed by atoms with Crippen LogP contribution < -0.4 is 19.5 Å². The van der Waals surface area contributed by atoms with Crippen LogP contribution in [0.15, 0.2) is 48.5 Å². The molecular weight excluding hydrogens is 362 g/mol. The summed E-state index contributed by atoms with van der Waals surface area (Å²) in [6.07, 6.45) is 2.88. The lowest BCUT2D eigenvalue weighted by atomic mass is 10.2. The molecule has 146 valence electrons. The maximum Gasteiger partial charge on any atom is 0.331 e. The maximum absolute atomic E-state index is 12.0. The van der Waals surface area contributed by atoms with Crippen LogP contribution in [0.1, 0.15) is 12.5 Å². The molecule has 0 fully saturated rings. The largest absolute Gasteiger partial charge is 0.494 e. The van der Waals surface area contributed by atoms with E-state index in [4.69, 9.17) is 18.9 Å². The number of carbonyl (C=O) groups excluding carboxylic acids is 2. The Morgan fingerprint density at radius 1 is 1.07 bits per heavy atom. The molecule has 1 N–H and O–H groups in total. The molecule has 0 aliphatic carbocycles. The third-order valence-electron chi connectivity index (χ3n) is 3.77. The molecule has 0 radical (unpaired) electrons. The smallest absolute Gasteiger partial charge is 0.331 e. The number of carbonyl (C=O) groups is 2. The van der Waals surface area contributed by atoms with Crippen LogP contribution in [0.5, 0.6) is 17.2 Å². The minimum absolute atomic E-state index is 0.388. The minimum Gasteiger partial charge on any atom is -0.494 e. The Balaban J connectivity index is 1.45. The molecule has 1 amide bonds. The first-order valence-electron chi connectivity index (χ1n) is 8.91. The second kappa shape index (κ2) is 9.45. The normalized spacial score (nSPS) is 12.5. The van der Waals surface area contributed by atoms with Crippen LogP contribution in [0.3, 0.4) is 0 Å². The van der Waals surface area contributed by atoms with E-state index in [0.717, 1.165) is 11.3 Å². The zero-order chi connectivity index (χ0) is 19.8. The summed E-state index contributed by atoms with van der Waals surface area (Å²) < 4.78 is 21.2. The van der Waals surface area contributed by atoms with E-state index in [1.54, 1.807) is 24.3 Å². The van der Waals surface area contributed by atoms with Crippen LogP contribution in [0.2, 0.25) is 0 Å². The van der Waals surface area contributed by atoms with Crippen molar-refractivity contribution in [3.8, 4) is 17.2 Å². The topological polar surface area (TPSA) is 83.1 Å². The highest BCUT2D eigenvalue weighted by molar-refractivity contribution is 5.94. The van der Waals surface area contributed by atoms with E-state index in [9.17, 15) is 9.59 Å². The Morgan fingerprint density at radius 2 is 1.82 bits per heavy atom. The van der Waals surface area contributed by atoms with Crippen LogP contribution in [-0.4, -0.2) is 38.3 Å². The lowest BCUT2D eigenvalue weighted by Gasteiger charge is -2.18. The Labute approximate surface area is 162 Å². The monoisotopic (exact) mass is 383 g/mol. The van der Waals surface area contributed by atoms with Crippen LogP contribution in [0.4, 0.5) is 5.69 Å². The van der Waals surface area contributed by atoms with E-state index in [-0.39, 0.29) is 6.61 Å². The Kier molecular flexibility index (Phi) is 6.51. The number of anilines is 1. The summed E-state index contributed by atoms with van der Waals surface area (Å²) >= 11 is 0. The van der Waals surface area contributed by atoms with Gasteiger partial charge in [-0.2, -0.15) is 0 Å². The molecule has 28 heavy (non-hydrogen) atoms. The van der Waals surface area contributed by atoms with E-state index >= 15 is 0 Å². The summed E-state index contributed by atoms with van der Waals surface area (Å²) in [6.45, 7) is 3.08. The fraction of sp³-hybridized carbons (Fsp3) is 0.238. The van der Waals surface area contributed by atoms with E-state index in [2.05, 4.69) is 5.32 Å². The van der Waals surface area contributed by atoms with Gasteiger partial charge in [-0.15, -0.1) is 0 Å². The third kappa shape index (κ3) is 5.51. The van der Waals surface area contributed by atoms with Gasteiger partial charge in [-0.1, -0.05) is 12.1 Å². The van der Waals surface area contributed by atoms with Crippen molar-refractivity contribution in [2.24, 2.45) is 0 Å². The predicted molar refractivity (Wildman–Crippen MR) is 104 cm³/mol. The van der Waals surface area contributed by atoms with E-state index in [1.807, 2.05) is 31.2 Å². The minimum atomic E-state index is -0.605. The van der Waals surface area contributed by atoms with Crippen LogP contribution >= 0.6 is 0 Å². The first-order valence-corrected chi connectivity index (χ1v) is 8.91. The second-order valence-corrected chi connectivity index (χ2v) is 5.85. The molecule has 1 heterocycles. The zero-order valence-corrected chi connectivity index (χ0v) is 15.5. The lowest BCUT2D eigenvalue weighted by Crippen LogP contribution is -2.20. The lowest BCUT2D eigenvalue weighted by molar-refractivity contribution is -0.142. The molecule has 0 unspecified atom stereocenters. The van der Waals surface area contributed by atoms with Crippen molar-refractivity contribution in [3.05, 3.63) is 54.1 Å². The molecule has 3 rings (SSSR count). The highest BCUT2D eigenvalue weighted by Gasteiger charge is 2.13. The van der Waals surface area contributed by atoms with Crippen LogP contribution in [0.25, 0.3) is 6.08 Å². The van der Waals surface area contributed by atoms with Gasteiger partial charge in [-0.3, -0.25) is 4.79 Å². The Morgan fingerprint density at radius 3 is 2.57 bits per heavy atom. The quantitative estimate of drug-likeness (QED) is 0.584. The number of fused-ring (bicyclic) bond motifs is 1. The molecule has 7 heteroatoms. The highest BCUT2D eigenvalue weighted by Crippen LogP contribution is 2.32. The number of rotatable bonds is 7. The van der Waals surface area contributed by atoms with Gasteiger partial charge in [0.05, 0.1) is 6.61 Å². The number of benzene rings is 2. The van der Waals surface area contributed by atoms with Crippen molar-refractivity contribution in [2.75, 3.05) is 31.7 Å². The number of esters is 1. The summed E-state index contributed by atoms with van der Waals surface area (Å²) in [5.74, 6) is 0.915. The first kappa shape index (κ1) is 19.3. The van der Waals surface area contributed by atoms with Gasteiger partial charge in [-0.25, -0.2) is 4.79 Å². The van der Waals surface area contributed by atoms with E-state index in [0.29, 0.717) is 37.0 Å². The van der Waals surface area contributed by atoms with Crippen molar-refractivity contribution >= 4 is 23.6 Å². The molecule has 0 atom stereocenters. The summed E-state index contributed by atoms with van der Waals surface area (Å²) in [7, 11) is 0. The summed E-state index contributed by atoms with van der Waals surface area (Å²) in [5, 5.41) is 2.65. The van der Waals surface area contributed by atoms with Crippen molar-refractivity contribution in [2.45, 2.75) is 6.92 Å². The molecule has 0 saturated heterocycles. The molecule has 0 bridgehead atoms. The maximum atomic E-state index is 12.0. The summed E-state index contributed by atoms with van der Waals surface area (Å²) in [5.41, 5.74) is 1.36. The number of ether oxygens (including phenoxy) is 4. The van der Waals surface area contributed by atoms with Gasteiger partial charge in [0.2, 0.25) is 0 Å². The predicted octanol–water partition coefficient (Wildman–Crippen LogP) is 3.05. The van der Waals surface area contributed by atoms with E-state index < -0.39 is 11.9 Å². The van der Waals surface area contributed by atoms with Crippen LogP contribution in [-0.2, 0) is 14.3 Å². The highest BCUT2D eigenvalue weighted by atomic mass is 16.6. The number of hydrogen-bond acceptors (Lipinski definition) is 6. The van der Waals surface area contributed by atoms with Gasteiger partial charge in [0.25, 0.3) is 5.91 Å². The van der Waals surface area contributed by atoms with Crippen molar-refractivity contribution in [1.82, 2.24) is 0 Å². The average Bonchev–Trinajstić information content (AvgIpc) is 2.72. The van der Waals surface area contributed by atoms with Gasteiger partial charge in [0.15, 0.2) is 18.1 Å². The van der Waals surface area contributed by atoms with Gasteiger partial charge < -0.3 is 24.3 Å². The number of amides is 1. The standard InChI is InChI=1S/C21H21NO6/c1-2-25-17-7-3-15(4-8-17)5-10-21(24)28-14-20(23)22-16-6-9-18-19(13-16)27-12-11-26-18/h3-10,13H,2,11-12,14H2,1H3,(H,22,23)/b10-5+. The molecule has 7 nitrogen and oxygen atoms in total. The Bertz CT molecular complexity index is 860. The molecule has 1 aliphatic heterocycles. The summed E-state index contributed by atoms with van der Waals surface area (Å²) in [6, 6.07) is 12.4. The molecular formula is C21H21NO6. The summed E-state index contributed by atoms with van der Waals surface area (Å²) in [4.78, 5) is 23.7. The zero-order valence-electron chi connectivity index (χ0n) is 15.5. The fourth-order valence-electron chi connectivity index (χ4n) is 2.51. The molecule has 0 spiro atoms. The first-order chi connectivity index (χ1) is 13.6. The molecule has 0 aromatic heterocycles. The molecule has 2 aromatic rings. The van der Waals surface area contributed by atoms with Gasteiger partial charge in [-0.05, 0) is 42.8 Å². The van der Waals surface area contributed by atoms with Crippen molar-refractivity contribution in [3.63, 3.8) is 0 Å². The van der Waals surface area contributed by atoms with Gasteiger partial charge in [0, 0.05) is 17.8 Å². The fourth-order valence-corrected chi connectivity index (χ4v) is 2.51. The van der Waals surface area contributed by atoms with Gasteiger partial charge in [0.1, 0.15) is 19.0 Å². The number of nitrogens with one attached hydrogen (secondary N) is 1. The molecule has 2 aromatic carbocycles. The van der Waals surface area contributed by atoms with Gasteiger partial charge >= 0.3 is 5.97 Å². The molecule has 0 saturated carbocycles. The average molecular weight is 383 g/mol. The molecule has 1 aliphatic rings. The van der Waals surface area contributed by atoms with Crippen LogP contribution in [0, 0.1) is 0 Å². The van der Waals surface area contributed by atoms with Crippen molar-refractivity contribution < 1.29 is 28.5 Å².